The molecule has 1 heterocycles. The van der Waals surface area contributed by atoms with Crippen molar-refractivity contribution in [3.8, 4) is 5.75 Å². The molecular formula is C15H22N2O2. The summed E-state index contributed by atoms with van der Waals surface area (Å²) < 4.78 is 5.17. The average Bonchev–Trinajstić information content (AvgIpc) is 2.48. The van der Waals surface area contributed by atoms with Gasteiger partial charge in [0.15, 0.2) is 0 Å². The Morgan fingerprint density at radius 2 is 2.16 bits per heavy atom. The van der Waals surface area contributed by atoms with Crippen LogP contribution in [0.15, 0.2) is 24.3 Å². The molecule has 0 spiro atoms. The summed E-state index contributed by atoms with van der Waals surface area (Å²) in [5.74, 6) is 1.43. The van der Waals surface area contributed by atoms with E-state index in [4.69, 9.17) is 4.74 Å². The smallest absolute Gasteiger partial charge is 0.237 e. The van der Waals surface area contributed by atoms with Gasteiger partial charge in [0.2, 0.25) is 5.91 Å². The highest BCUT2D eigenvalue weighted by Crippen LogP contribution is 2.29. The first kappa shape index (κ1) is 13.9. The van der Waals surface area contributed by atoms with Gasteiger partial charge in [-0.1, -0.05) is 12.1 Å². The number of methoxy groups -OCH3 is 1. The molecule has 0 bridgehead atoms. The van der Waals surface area contributed by atoms with Crippen LogP contribution in [0.1, 0.15) is 31.2 Å². The predicted molar refractivity (Wildman–Crippen MR) is 75.4 cm³/mol. The lowest BCUT2D eigenvalue weighted by Gasteiger charge is -2.29. The van der Waals surface area contributed by atoms with Gasteiger partial charge in [0.25, 0.3) is 0 Å². The van der Waals surface area contributed by atoms with Crippen molar-refractivity contribution < 1.29 is 9.53 Å². The summed E-state index contributed by atoms with van der Waals surface area (Å²) in [5, 5.41) is 6.17. The molecule has 0 radical (unpaired) electrons. The fraction of sp³-hybridized carbons (Fsp3) is 0.533. The fourth-order valence-electron chi connectivity index (χ4n) is 2.59. The number of hydrogen-bond donors (Lipinski definition) is 2. The van der Waals surface area contributed by atoms with Gasteiger partial charge in [0.05, 0.1) is 13.2 Å². The largest absolute Gasteiger partial charge is 0.497 e. The van der Waals surface area contributed by atoms with E-state index in [1.165, 1.54) is 5.56 Å². The van der Waals surface area contributed by atoms with Crippen molar-refractivity contribution in [1.82, 2.24) is 10.6 Å². The van der Waals surface area contributed by atoms with Crippen LogP contribution in [0, 0.1) is 0 Å². The van der Waals surface area contributed by atoms with Crippen LogP contribution in [0.4, 0.5) is 0 Å². The molecular weight excluding hydrogens is 240 g/mol. The van der Waals surface area contributed by atoms with E-state index in [2.05, 4.69) is 22.8 Å². The average molecular weight is 262 g/mol. The second kappa shape index (κ2) is 6.57. The van der Waals surface area contributed by atoms with E-state index in [-0.39, 0.29) is 11.9 Å². The van der Waals surface area contributed by atoms with Crippen molar-refractivity contribution in [2.24, 2.45) is 0 Å². The quantitative estimate of drug-likeness (QED) is 0.868. The summed E-state index contributed by atoms with van der Waals surface area (Å²) in [7, 11) is 1.67. The number of likely N-dealkylation sites (N-methyl/N-ethyl adjacent to an activating group) is 1. The summed E-state index contributed by atoms with van der Waals surface area (Å²) in [6.07, 6.45) is 1.93. The van der Waals surface area contributed by atoms with Crippen LogP contribution in [0.25, 0.3) is 0 Å². The molecule has 2 N–H and O–H groups in total. The van der Waals surface area contributed by atoms with Crippen LogP contribution in [-0.2, 0) is 4.79 Å². The maximum absolute atomic E-state index is 11.9. The highest BCUT2D eigenvalue weighted by atomic mass is 16.5. The van der Waals surface area contributed by atoms with E-state index in [1.54, 1.807) is 7.11 Å². The van der Waals surface area contributed by atoms with E-state index < -0.39 is 0 Å². The summed E-state index contributed by atoms with van der Waals surface area (Å²) >= 11 is 0. The second-order valence-corrected chi connectivity index (χ2v) is 4.90. The van der Waals surface area contributed by atoms with Crippen LogP contribution in [0.5, 0.6) is 5.75 Å². The monoisotopic (exact) mass is 262 g/mol. The van der Waals surface area contributed by atoms with Gasteiger partial charge in [-0.2, -0.15) is 0 Å². The Hall–Kier alpha value is -1.55. The normalized spacial score (nSPS) is 22.8. The number of carbonyl (C=O) groups excluding carboxylic acids is 1. The van der Waals surface area contributed by atoms with Crippen molar-refractivity contribution in [2.45, 2.75) is 31.7 Å². The molecule has 1 aliphatic rings. The first-order valence-electron chi connectivity index (χ1n) is 6.89. The SMILES string of the molecule is CCNC(=O)C1CC(c2ccc(OC)cc2)CCN1. The Morgan fingerprint density at radius 3 is 2.79 bits per heavy atom. The van der Waals surface area contributed by atoms with Gasteiger partial charge in [-0.05, 0) is 49.9 Å². The molecule has 1 aromatic carbocycles. The number of carbonyl (C=O) groups is 1. The number of ether oxygens (including phenoxy) is 1. The molecule has 1 amide bonds. The Labute approximate surface area is 114 Å². The molecule has 1 fully saturated rings. The van der Waals surface area contributed by atoms with Gasteiger partial charge < -0.3 is 15.4 Å². The highest BCUT2D eigenvalue weighted by Gasteiger charge is 2.27. The third kappa shape index (κ3) is 3.47. The molecule has 2 rings (SSSR count). The molecule has 0 aromatic heterocycles. The van der Waals surface area contributed by atoms with Crippen molar-refractivity contribution in [1.29, 1.82) is 0 Å². The lowest BCUT2D eigenvalue weighted by Crippen LogP contribution is -2.48. The molecule has 0 saturated carbocycles. The molecule has 0 aliphatic carbocycles. The van der Waals surface area contributed by atoms with Gasteiger partial charge in [-0.25, -0.2) is 0 Å². The maximum atomic E-state index is 11.9. The zero-order valence-corrected chi connectivity index (χ0v) is 11.6. The summed E-state index contributed by atoms with van der Waals surface area (Å²) in [5.41, 5.74) is 1.29. The molecule has 19 heavy (non-hydrogen) atoms. The molecule has 2 unspecified atom stereocenters. The van der Waals surface area contributed by atoms with Gasteiger partial charge in [-0.15, -0.1) is 0 Å². The lowest BCUT2D eigenvalue weighted by molar-refractivity contribution is -0.123. The van der Waals surface area contributed by atoms with Crippen molar-refractivity contribution in [2.75, 3.05) is 20.2 Å². The zero-order chi connectivity index (χ0) is 13.7. The number of rotatable bonds is 4. The minimum Gasteiger partial charge on any atom is -0.497 e. The van der Waals surface area contributed by atoms with E-state index in [0.717, 1.165) is 25.1 Å². The molecule has 4 heteroatoms. The summed E-state index contributed by atoms with van der Waals surface area (Å²) in [6, 6.07) is 8.10. The number of piperidine rings is 1. The molecule has 1 aromatic rings. The van der Waals surface area contributed by atoms with Gasteiger partial charge >= 0.3 is 0 Å². The summed E-state index contributed by atoms with van der Waals surface area (Å²) in [4.78, 5) is 11.9. The van der Waals surface area contributed by atoms with Gasteiger partial charge in [-0.3, -0.25) is 4.79 Å². The van der Waals surface area contributed by atoms with Crippen LogP contribution >= 0.6 is 0 Å². The predicted octanol–water partition coefficient (Wildman–Crippen LogP) is 1.67. The Kier molecular flexibility index (Phi) is 4.80. The van der Waals surface area contributed by atoms with E-state index in [0.29, 0.717) is 12.5 Å². The van der Waals surface area contributed by atoms with Crippen molar-refractivity contribution in [3.05, 3.63) is 29.8 Å². The third-order valence-corrected chi connectivity index (χ3v) is 3.66. The van der Waals surface area contributed by atoms with E-state index >= 15 is 0 Å². The second-order valence-electron chi connectivity index (χ2n) is 4.90. The minimum absolute atomic E-state index is 0.0687. The molecule has 2 atom stereocenters. The van der Waals surface area contributed by atoms with Crippen LogP contribution in [-0.4, -0.2) is 32.1 Å². The third-order valence-electron chi connectivity index (χ3n) is 3.66. The number of amides is 1. The van der Waals surface area contributed by atoms with Gasteiger partial charge in [0.1, 0.15) is 5.75 Å². The Bertz CT molecular complexity index is 417. The Morgan fingerprint density at radius 1 is 1.42 bits per heavy atom. The fourth-order valence-corrected chi connectivity index (χ4v) is 2.59. The van der Waals surface area contributed by atoms with Gasteiger partial charge in [0, 0.05) is 6.54 Å². The van der Waals surface area contributed by atoms with E-state index in [9.17, 15) is 4.79 Å². The van der Waals surface area contributed by atoms with Crippen LogP contribution in [0.3, 0.4) is 0 Å². The van der Waals surface area contributed by atoms with Crippen molar-refractivity contribution in [3.63, 3.8) is 0 Å². The lowest BCUT2D eigenvalue weighted by atomic mass is 9.86. The molecule has 4 nitrogen and oxygen atoms in total. The first-order chi connectivity index (χ1) is 9.24. The minimum atomic E-state index is -0.0687. The zero-order valence-electron chi connectivity index (χ0n) is 11.6. The van der Waals surface area contributed by atoms with Crippen molar-refractivity contribution >= 4 is 5.91 Å². The van der Waals surface area contributed by atoms with Crippen LogP contribution in [0.2, 0.25) is 0 Å². The molecule has 1 aliphatic heterocycles. The number of benzene rings is 1. The topological polar surface area (TPSA) is 50.4 Å². The highest BCUT2D eigenvalue weighted by molar-refractivity contribution is 5.81. The standard InChI is InChI=1S/C15H22N2O2/c1-3-16-15(18)14-10-12(8-9-17-14)11-4-6-13(19-2)7-5-11/h4-7,12,14,17H,3,8-10H2,1-2H3,(H,16,18). The van der Waals surface area contributed by atoms with Crippen LogP contribution < -0.4 is 15.4 Å². The Balaban J connectivity index is 2.01. The maximum Gasteiger partial charge on any atom is 0.237 e. The van der Waals surface area contributed by atoms with E-state index in [1.807, 2.05) is 19.1 Å². The molecule has 1 saturated heterocycles. The number of nitrogens with one attached hydrogen (secondary N) is 2. The summed E-state index contributed by atoms with van der Waals surface area (Å²) in [6.45, 7) is 3.52. The molecule has 104 valence electrons. The first-order valence-corrected chi connectivity index (χ1v) is 6.89. The number of hydrogen-bond acceptors (Lipinski definition) is 3.